The van der Waals surface area contributed by atoms with Gasteiger partial charge in [0.15, 0.2) is 0 Å². The third kappa shape index (κ3) is 1.58. The molecule has 0 aromatic heterocycles. The summed E-state index contributed by atoms with van der Waals surface area (Å²) in [6, 6.07) is 0.265. The Hall–Kier alpha value is -0.120. The predicted molar refractivity (Wildman–Crippen MR) is 55.2 cm³/mol. The fourth-order valence-corrected chi connectivity index (χ4v) is 2.63. The molecular formula is C11H21NO2. The lowest BCUT2D eigenvalue weighted by Crippen LogP contribution is -2.61. The minimum Gasteiger partial charge on any atom is -0.389 e. The smallest absolute Gasteiger partial charge is 0.0950 e. The molecule has 82 valence electrons. The summed E-state index contributed by atoms with van der Waals surface area (Å²) in [4.78, 5) is 2.38. The van der Waals surface area contributed by atoms with E-state index in [1.165, 1.54) is 12.8 Å². The number of ether oxygens (including phenoxy) is 1. The quantitative estimate of drug-likeness (QED) is 0.732. The Bertz CT molecular complexity index is 195. The number of rotatable bonds is 3. The van der Waals surface area contributed by atoms with E-state index in [2.05, 4.69) is 18.7 Å². The van der Waals surface area contributed by atoms with Gasteiger partial charge in [-0.2, -0.15) is 0 Å². The molecule has 1 N–H and O–H groups in total. The maximum Gasteiger partial charge on any atom is 0.0950 e. The number of hydrogen-bond donors (Lipinski definition) is 1. The van der Waals surface area contributed by atoms with Gasteiger partial charge in [0, 0.05) is 13.1 Å². The average Bonchev–Trinajstić information content (AvgIpc) is 2.52. The molecule has 2 fully saturated rings. The summed E-state index contributed by atoms with van der Waals surface area (Å²) in [5.74, 6) is 0. The maximum absolute atomic E-state index is 9.67. The van der Waals surface area contributed by atoms with Crippen LogP contribution in [0.4, 0.5) is 0 Å². The molecule has 0 aliphatic carbocycles. The zero-order valence-corrected chi connectivity index (χ0v) is 9.20. The van der Waals surface area contributed by atoms with Crippen LogP contribution in [0.1, 0.15) is 26.7 Å². The highest BCUT2D eigenvalue weighted by atomic mass is 16.5. The zero-order chi connectivity index (χ0) is 10.2. The van der Waals surface area contributed by atoms with Crippen LogP contribution in [-0.4, -0.2) is 48.5 Å². The van der Waals surface area contributed by atoms with E-state index in [4.69, 9.17) is 4.74 Å². The van der Waals surface area contributed by atoms with Crippen molar-refractivity contribution >= 4 is 0 Å². The van der Waals surface area contributed by atoms with E-state index < -0.39 is 0 Å². The second-order valence-corrected chi connectivity index (χ2v) is 4.78. The van der Waals surface area contributed by atoms with Crippen molar-refractivity contribution in [3.05, 3.63) is 0 Å². The van der Waals surface area contributed by atoms with Gasteiger partial charge in [0.25, 0.3) is 0 Å². The molecule has 2 atom stereocenters. The van der Waals surface area contributed by atoms with E-state index in [1.54, 1.807) is 0 Å². The first-order valence-corrected chi connectivity index (χ1v) is 5.70. The van der Waals surface area contributed by atoms with E-state index in [9.17, 15) is 5.11 Å². The van der Waals surface area contributed by atoms with Crippen LogP contribution in [0, 0.1) is 5.41 Å². The molecule has 0 saturated carbocycles. The van der Waals surface area contributed by atoms with Gasteiger partial charge in [0.1, 0.15) is 0 Å². The molecule has 2 saturated heterocycles. The van der Waals surface area contributed by atoms with Crippen molar-refractivity contribution in [1.82, 2.24) is 4.90 Å². The highest BCUT2D eigenvalue weighted by Crippen LogP contribution is 2.39. The van der Waals surface area contributed by atoms with Crippen LogP contribution in [0.15, 0.2) is 0 Å². The van der Waals surface area contributed by atoms with Gasteiger partial charge in [0.2, 0.25) is 0 Å². The molecule has 3 nitrogen and oxygen atoms in total. The zero-order valence-electron chi connectivity index (χ0n) is 9.20. The molecule has 0 spiro atoms. The van der Waals surface area contributed by atoms with Crippen LogP contribution in [-0.2, 0) is 4.74 Å². The third-order valence-electron chi connectivity index (χ3n) is 4.07. The first-order valence-electron chi connectivity index (χ1n) is 5.70. The van der Waals surface area contributed by atoms with Crippen molar-refractivity contribution in [3.8, 4) is 0 Å². The van der Waals surface area contributed by atoms with Gasteiger partial charge < -0.3 is 9.84 Å². The van der Waals surface area contributed by atoms with Crippen molar-refractivity contribution in [2.45, 2.75) is 38.8 Å². The molecule has 2 heterocycles. The molecule has 0 amide bonds. The minimum atomic E-state index is -0.262. The first kappa shape index (κ1) is 10.4. The summed E-state index contributed by atoms with van der Waals surface area (Å²) in [5.41, 5.74) is 0.530. The molecule has 0 bridgehead atoms. The molecule has 0 aromatic rings. The molecular weight excluding hydrogens is 178 g/mol. The number of nitrogens with zero attached hydrogens (tertiary/aromatic N) is 1. The van der Waals surface area contributed by atoms with Crippen molar-refractivity contribution < 1.29 is 9.84 Å². The lowest BCUT2D eigenvalue weighted by atomic mass is 9.74. The van der Waals surface area contributed by atoms with Gasteiger partial charge in [-0.3, -0.25) is 4.90 Å². The summed E-state index contributed by atoms with van der Waals surface area (Å²) >= 11 is 0. The van der Waals surface area contributed by atoms with Gasteiger partial charge in [-0.25, -0.2) is 0 Å². The average molecular weight is 199 g/mol. The largest absolute Gasteiger partial charge is 0.389 e. The molecule has 0 radical (unpaired) electrons. The normalized spacial score (nSPS) is 37.1. The second-order valence-electron chi connectivity index (χ2n) is 4.78. The Labute approximate surface area is 86.0 Å². The van der Waals surface area contributed by atoms with Crippen molar-refractivity contribution in [2.75, 3.05) is 26.3 Å². The number of hydrogen-bond acceptors (Lipinski definition) is 3. The third-order valence-corrected chi connectivity index (χ3v) is 4.07. The Balaban J connectivity index is 1.87. The summed E-state index contributed by atoms with van der Waals surface area (Å²) in [6.07, 6.45) is 2.24. The summed E-state index contributed by atoms with van der Waals surface area (Å²) < 4.78 is 5.27. The van der Waals surface area contributed by atoms with E-state index in [1.807, 2.05) is 0 Å². The Morgan fingerprint density at radius 2 is 1.93 bits per heavy atom. The van der Waals surface area contributed by atoms with Crippen LogP contribution in [0.3, 0.4) is 0 Å². The number of likely N-dealkylation sites (tertiary alicyclic amines) is 1. The Kier molecular flexibility index (Phi) is 2.82. The number of aliphatic hydroxyl groups is 1. The van der Waals surface area contributed by atoms with Crippen LogP contribution in [0.25, 0.3) is 0 Å². The lowest BCUT2D eigenvalue weighted by molar-refractivity contribution is -0.0600. The lowest BCUT2D eigenvalue weighted by Gasteiger charge is -2.52. The van der Waals surface area contributed by atoms with Crippen LogP contribution < -0.4 is 0 Å². The molecule has 2 rings (SSSR count). The highest BCUT2D eigenvalue weighted by Gasteiger charge is 2.45. The van der Waals surface area contributed by atoms with E-state index >= 15 is 0 Å². The van der Waals surface area contributed by atoms with Gasteiger partial charge in [-0.05, 0) is 18.3 Å². The molecule has 3 heteroatoms. The molecule has 0 aromatic carbocycles. The molecule has 0 unspecified atom stereocenters. The van der Waals surface area contributed by atoms with Crippen LogP contribution in [0.2, 0.25) is 0 Å². The van der Waals surface area contributed by atoms with Crippen LogP contribution >= 0.6 is 0 Å². The highest BCUT2D eigenvalue weighted by molar-refractivity contribution is 4.98. The summed E-state index contributed by atoms with van der Waals surface area (Å²) in [5, 5.41) is 9.67. The SMILES string of the molecule is CCC1(CC)CN([C@@H]2COC[C@H]2O)C1. The summed E-state index contributed by atoms with van der Waals surface area (Å²) in [6.45, 7) is 8.05. The van der Waals surface area contributed by atoms with Gasteiger partial charge in [-0.15, -0.1) is 0 Å². The second kappa shape index (κ2) is 3.80. The Morgan fingerprint density at radius 1 is 1.29 bits per heavy atom. The van der Waals surface area contributed by atoms with Crippen LogP contribution in [0.5, 0.6) is 0 Å². The maximum atomic E-state index is 9.67. The fraction of sp³-hybridized carbons (Fsp3) is 1.00. The first-order chi connectivity index (χ1) is 6.71. The molecule has 2 aliphatic rings. The standard InChI is InChI=1S/C11H21NO2/c1-3-11(4-2)7-12(8-11)9-5-14-6-10(9)13/h9-10,13H,3-8H2,1-2H3/t9-,10-/m1/s1. The van der Waals surface area contributed by atoms with E-state index in [0.29, 0.717) is 18.6 Å². The molecule has 2 aliphatic heterocycles. The van der Waals surface area contributed by atoms with Gasteiger partial charge in [0.05, 0.1) is 25.4 Å². The topological polar surface area (TPSA) is 32.7 Å². The van der Waals surface area contributed by atoms with E-state index in [-0.39, 0.29) is 12.1 Å². The van der Waals surface area contributed by atoms with Crippen molar-refractivity contribution in [3.63, 3.8) is 0 Å². The fourth-order valence-electron chi connectivity index (χ4n) is 2.63. The van der Waals surface area contributed by atoms with Crippen molar-refractivity contribution in [2.24, 2.45) is 5.41 Å². The molecule has 14 heavy (non-hydrogen) atoms. The predicted octanol–water partition coefficient (Wildman–Crippen LogP) is 0.868. The minimum absolute atomic E-state index is 0.262. The van der Waals surface area contributed by atoms with Gasteiger partial charge >= 0.3 is 0 Å². The van der Waals surface area contributed by atoms with Gasteiger partial charge in [-0.1, -0.05) is 13.8 Å². The number of aliphatic hydroxyl groups excluding tert-OH is 1. The van der Waals surface area contributed by atoms with E-state index in [0.717, 1.165) is 13.1 Å². The monoisotopic (exact) mass is 199 g/mol. The Morgan fingerprint density at radius 3 is 2.36 bits per heavy atom. The van der Waals surface area contributed by atoms with Crippen molar-refractivity contribution in [1.29, 1.82) is 0 Å². The summed E-state index contributed by atoms with van der Waals surface area (Å²) in [7, 11) is 0.